The van der Waals surface area contributed by atoms with Gasteiger partial charge in [-0.15, -0.1) is 23.1 Å². The molecule has 1 heterocycles. The number of hydrogen-bond acceptors (Lipinski definition) is 8. The van der Waals surface area contributed by atoms with Crippen molar-refractivity contribution in [1.29, 1.82) is 0 Å². The van der Waals surface area contributed by atoms with Gasteiger partial charge in [-0.05, 0) is 29.8 Å². The number of thioether (sulfide) groups is 1. The zero-order valence-corrected chi connectivity index (χ0v) is 21.6. The van der Waals surface area contributed by atoms with E-state index < -0.39 is 22.0 Å². The number of carbonyl (C=O) groups excluding carboxylic acids is 2. The summed E-state index contributed by atoms with van der Waals surface area (Å²) in [6, 6.07) is 22.1. The molecule has 0 radical (unpaired) electrons. The van der Waals surface area contributed by atoms with E-state index in [0.717, 1.165) is 22.6 Å². The third-order valence-corrected chi connectivity index (χ3v) is 7.20. The Morgan fingerprint density at radius 3 is 2.41 bits per heavy atom. The number of nitrogens with zero attached hydrogens (tertiary/aromatic N) is 2. The highest BCUT2D eigenvalue weighted by Gasteiger charge is 2.23. The van der Waals surface area contributed by atoms with Crippen LogP contribution in [0, 0.1) is 10.1 Å². The molecule has 0 aliphatic carbocycles. The smallest absolute Gasteiger partial charge is 0.328 e. The second-order valence-corrected chi connectivity index (χ2v) is 9.96. The van der Waals surface area contributed by atoms with Crippen LogP contribution in [0.25, 0.3) is 11.3 Å². The Morgan fingerprint density at radius 1 is 0.974 bits per heavy atom. The molecule has 1 aromatic heterocycles. The summed E-state index contributed by atoms with van der Waals surface area (Å²) in [5.41, 5.74) is 2.27. The fourth-order valence-corrected chi connectivity index (χ4v) is 5.15. The van der Waals surface area contributed by atoms with Gasteiger partial charge in [-0.1, -0.05) is 42.5 Å². The van der Waals surface area contributed by atoms with E-state index in [2.05, 4.69) is 15.6 Å². The van der Waals surface area contributed by atoms with Crippen molar-refractivity contribution >= 4 is 57.4 Å². The number of thiazole rings is 1. The van der Waals surface area contributed by atoms with E-state index in [1.54, 1.807) is 41.8 Å². The number of non-ortho nitro benzene ring substituents is 1. The quantitative estimate of drug-likeness (QED) is 0.0957. The van der Waals surface area contributed by atoms with Gasteiger partial charge in [-0.25, -0.2) is 9.78 Å². The minimum absolute atomic E-state index is 0.0473. The Bertz CT molecular complexity index is 1540. The maximum absolute atomic E-state index is 13.4. The molecule has 0 fully saturated rings. The maximum Gasteiger partial charge on any atom is 0.328 e. The molecule has 2 amide bonds. The number of rotatable bonds is 10. The number of nitro groups is 1. The van der Waals surface area contributed by atoms with Crippen molar-refractivity contribution < 1.29 is 24.4 Å². The zero-order chi connectivity index (χ0) is 27.8. The second kappa shape index (κ2) is 12.6. The maximum atomic E-state index is 13.4. The molecule has 0 saturated carbocycles. The lowest BCUT2D eigenvalue weighted by atomic mass is 10.1. The molecule has 0 saturated heterocycles. The van der Waals surface area contributed by atoms with Crippen molar-refractivity contribution in [2.24, 2.45) is 0 Å². The standard InChI is InChI=1S/C27H20N4O6S2/c32-23(13-14-24(33)34)28-19-9-11-21(12-10-19)39-25(17-5-2-1-3-6-17)26(35)30-27-29-22(16-38-27)18-7-4-8-20(15-18)31(36)37/h1-16,25H,(H,28,32)(H,33,34)(H,29,30,35)/b14-13+. The molecular formula is C27H20N4O6S2. The third kappa shape index (κ3) is 7.60. The summed E-state index contributed by atoms with van der Waals surface area (Å²) in [7, 11) is 0. The number of anilines is 2. The molecule has 4 aromatic rings. The molecule has 0 spiro atoms. The Balaban J connectivity index is 1.48. The Hall–Kier alpha value is -4.81. The Morgan fingerprint density at radius 2 is 1.72 bits per heavy atom. The van der Waals surface area contributed by atoms with Crippen LogP contribution in [0.4, 0.5) is 16.5 Å². The Labute approximate surface area is 230 Å². The molecule has 1 unspecified atom stereocenters. The number of benzene rings is 3. The number of nitro benzene ring substituents is 1. The fourth-order valence-electron chi connectivity index (χ4n) is 3.40. The van der Waals surface area contributed by atoms with E-state index >= 15 is 0 Å². The lowest BCUT2D eigenvalue weighted by Crippen LogP contribution is -2.19. The number of carboxylic acids is 1. The number of aromatic nitrogens is 1. The summed E-state index contributed by atoms with van der Waals surface area (Å²) in [6.45, 7) is 0. The molecule has 4 rings (SSSR count). The van der Waals surface area contributed by atoms with Gasteiger partial charge in [0.15, 0.2) is 5.13 Å². The van der Waals surface area contributed by atoms with Gasteiger partial charge in [0.2, 0.25) is 11.8 Å². The fraction of sp³-hybridized carbons (Fsp3) is 0.0370. The molecule has 0 aliphatic rings. The van der Waals surface area contributed by atoms with E-state index in [-0.39, 0.29) is 11.6 Å². The van der Waals surface area contributed by atoms with Crippen LogP contribution in [-0.2, 0) is 14.4 Å². The highest BCUT2D eigenvalue weighted by molar-refractivity contribution is 8.00. The van der Waals surface area contributed by atoms with E-state index in [0.29, 0.717) is 22.1 Å². The molecule has 196 valence electrons. The molecule has 0 aliphatic heterocycles. The van der Waals surface area contributed by atoms with Gasteiger partial charge >= 0.3 is 5.97 Å². The SMILES string of the molecule is O=C(O)/C=C/C(=O)Nc1ccc(SC(C(=O)Nc2nc(-c3cccc([N+](=O)[O-])c3)cs2)c2ccccc2)cc1. The third-order valence-electron chi connectivity index (χ3n) is 5.18. The van der Waals surface area contributed by atoms with Crippen LogP contribution in [0.2, 0.25) is 0 Å². The van der Waals surface area contributed by atoms with Gasteiger partial charge in [0.05, 0.1) is 10.6 Å². The van der Waals surface area contributed by atoms with Crippen molar-refractivity contribution in [1.82, 2.24) is 4.98 Å². The average Bonchev–Trinajstić information content (AvgIpc) is 3.40. The summed E-state index contributed by atoms with van der Waals surface area (Å²) in [6.07, 6.45) is 1.67. The zero-order valence-electron chi connectivity index (χ0n) is 20.0. The van der Waals surface area contributed by atoms with E-state index in [9.17, 15) is 24.5 Å². The van der Waals surface area contributed by atoms with Gasteiger partial charge in [0, 0.05) is 45.8 Å². The number of nitrogens with one attached hydrogen (secondary N) is 2. The van der Waals surface area contributed by atoms with E-state index in [1.807, 2.05) is 30.3 Å². The van der Waals surface area contributed by atoms with Gasteiger partial charge in [0.25, 0.3) is 5.69 Å². The van der Waals surface area contributed by atoms with Crippen LogP contribution in [-0.4, -0.2) is 32.8 Å². The number of carboxylic acid groups (broad SMARTS) is 1. The highest BCUT2D eigenvalue weighted by atomic mass is 32.2. The van der Waals surface area contributed by atoms with E-state index in [1.165, 1.54) is 35.2 Å². The van der Waals surface area contributed by atoms with Crippen LogP contribution in [0.3, 0.4) is 0 Å². The summed E-state index contributed by atoms with van der Waals surface area (Å²) >= 11 is 2.52. The number of carbonyl (C=O) groups is 3. The predicted octanol–water partition coefficient (Wildman–Crippen LogP) is 5.77. The lowest BCUT2D eigenvalue weighted by molar-refractivity contribution is -0.384. The first-order valence-corrected chi connectivity index (χ1v) is 13.1. The van der Waals surface area contributed by atoms with Gasteiger partial charge < -0.3 is 15.7 Å². The van der Waals surface area contributed by atoms with Crippen molar-refractivity contribution in [3.8, 4) is 11.3 Å². The first-order valence-electron chi connectivity index (χ1n) is 11.3. The monoisotopic (exact) mass is 560 g/mol. The van der Waals surface area contributed by atoms with Crippen molar-refractivity contribution in [3.05, 3.63) is 112 Å². The molecule has 3 N–H and O–H groups in total. The summed E-state index contributed by atoms with van der Waals surface area (Å²) < 4.78 is 0. The molecule has 3 aromatic carbocycles. The summed E-state index contributed by atoms with van der Waals surface area (Å²) in [4.78, 5) is 51.6. The average molecular weight is 561 g/mol. The minimum atomic E-state index is -1.22. The van der Waals surface area contributed by atoms with Crippen molar-refractivity contribution in [3.63, 3.8) is 0 Å². The molecule has 1 atom stereocenters. The summed E-state index contributed by atoms with van der Waals surface area (Å²) in [5, 5.41) is 26.6. The van der Waals surface area contributed by atoms with Crippen LogP contribution in [0.1, 0.15) is 10.8 Å². The van der Waals surface area contributed by atoms with Crippen LogP contribution < -0.4 is 10.6 Å². The van der Waals surface area contributed by atoms with Crippen molar-refractivity contribution in [2.75, 3.05) is 10.6 Å². The minimum Gasteiger partial charge on any atom is -0.478 e. The van der Waals surface area contributed by atoms with E-state index in [4.69, 9.17) is 5.11 Å². The largest absolute Gasteiger partial charge is 0.478 e. The lowest BCUT2D eigenvalue weighted by Gasteiger charge is -2.16. The normalized spacial score (nSPS) is 11.6. The molecule has 39 heavy (non-hydrogen) atoms. The number of amides is 2. The van der Waals surface area contributed by atoms with Crippen LogP contribution in [0.15, 0.2) is 101 Å². The summed E-state index contributed by atoms with van der Waals surface area (Å²) in [5.74, 6) is -2.10. The highest BCUT2D eigenvalue weighted by Crippen LogP contribution is 2.37. The second-order valence-electron chi connectivity index (χ2n) is 7.93. The van der Waals surface area contributed by atoms with Gasteiger partial charge in [-0.2, -0.15) is 0 Å². The molecule has 10 nitrogen and oxygen atoms in total. The topological polar surface area (TPSA) is 152 Å². The van der Waals surface area contributed by atoms with Crippen molar-refractivity contribution in [2.45, 2.75) is 10.1 Å². The first-order chi connectivity index (χ1) is 18.8. The predicted molar refractivity (Wildman–Crippen MR) is 150 cm³/mol. The first kappa shape index (κ1) is 27.2. The molecular weight excluding hydrogens is 540 g/mol. The Kier molecular flexibility index (Phi) is 8.82. The van der Waals surface area contributed by atoms with Gasteiger partial charge in [-0.3, -0.25) is 19.7 Å². The number of hydrogen-bond donors (Lipinski definition) is 3. The van der Waals surface area contributed by atoms with Crippen LogP contribution >= 0.6 is 23.1 Å². The molecule has 0 bridgehead atoms. The number of aliphatic carboxylic acids is 1. The molecule has 12 heteroatoms. The van der Waals surface area contributed by atoms with Gasteiger partial charge in [0.1, 0.15) is 5.25 Å². The van der Waals surface area contributed by atoms with Crippen LogP contribution in [0.5, 0.6) is 0 Å².